The predicted octanol–water partition coefficient (Wildman–Crippen LogP) is 4.66. The van der Waals surface area contributed by atoms with Gasteiger partial charge in [0.25, 0.3) is 0 Å². The number of rotatable bonds is 6. The minimum atomic E-state index is -0.213. The normalized spacial score (nSPS) is 27.0. The molecule has 3 heterocycles. The SMILES string of the molecule is COc1cc(OC)cc([C@H]2CCc3c(C4COCC4N=[N+]=[N-])nn(C4CCCCO4)c3C2)c1. The molecule has 9 heteroatoms. The molecule has 0 N–H and O–H groups in total. The molecule has 2 saturated heterocycles. The maximum absolute atomic E-state index is 9.02. The van der Waals surface area contributed by atoms with E-state index in [4.69, 9.17) is 29.6 Å². The lowest BCUT2D eigenvalue weighted by Crippen LogP contribution is -2.23. The molecule has 4 atom stereocenters. The van der Waals surface area contributed by atoms with E-state index in [2.05, 4.69) is 26.8 Å². The van der Waals surface area contributed by atoms with Crippen LogP contribution in [0.4, 0.5) is 0 Å². The number of nitrogens with zero attached hydrogens (tertiary/aromatic N) is 5. The van der Waals surface area contributed by atoms with Crippen LogP contribution in [-0.2, 0) is 22.3 Å². The average Bonchev–Trinajstić information content (AvgIpc) is 3.48. The molecule has 3 aliphatic rings. The number of fused-ring (bicyclic) bond motifs is 1. The number of methoxy groups -OCH3 is 2. The first-order chi connectivity index (χ1) is 16.2. The zero-order valence-corrected chi connectivity index (χ0v) is 19.3. The Morgan fingerprint density at radius 1 is 1.12 bits per heavy atom. The van der Waals surface area contributed by atoms with Crippen LogP contribution in [0.15, 0.2) is 23.3 Å². The van der Waals surface area contributed by atoms with Gasteiger partial charge in [-0.15, -0.1) is 0 Å². The fourth-order valence-corrected chi connectivity index (χ4v) is 5.45. The predicted molar refractivity (Wildman–Crippen MR) is 122 cm³/mol. The second kappa shape index (κ2) is 9.63. The van der Waals surface area contributed by atoms with Crippen LogP contribution < -0.4 is 9.47 Å². The van der Waals surface area contributed by atoms with Crippen LogP contribution in [0.3, 0.4) is 0 Å². The third-order valence-corrected chi connectivity index (χ3v) is 7.21. The minimum absolute atomic E-state index is 0.00652. The van der Waals surface area contributed by atoms with E-state index in [9.17, 15) is 0 Å². The molecule has 0 saturated carbocycles. The highest BCUT2D eigenvalue weighted by molar-refractivity contribution is 5.42. The summed E-state index contributed by atoms with van der Waals surface area (Å²) in [7, 11) is 3.37. The summed E-state index contributed by atoms with van der Waals surface area (Å²) in [6.07, 6.45) is 5.95. The molecule has 0 radical (unpaired) electrons. The smallest absolute Gasteiger partial charge is 0.150 e. The molecule has 9 nitrogen and oxygen atoms in total. The Hall–Kier alpha value is -2.74. The number of hydrogen-bond donors (Lipinski definition) is 0. The Balaban J connectivity index is 1.52. The summed E-state index contributed by atoms with van der Waals surface area (Å²) in [5.41, 5.74) is 13.8. The first-order valence-electron chi connectivity index (χ1n) is 11.8. The molecule has 0 amide bonds. The van der Waals surface area contributed by atoms with Gasteiger partial charge in [-0.1, -0.05) is 5.11 Å². The Morgan fingerprint density at radius 3 is 2.64 bits per heavy atom. The van der Waals surface area contributed by atoms with Crippen LogP contribution in [0.2, 0.25) is 0 Å². The van der Waals surface area contributed by atoms with Crippen molar-refractivity contribution >= 4 is 0 Å². The molecule has 0 bridgehead atoms. The van der Waals surface area contributed by atoms with Crippen LogP contribution in [0.1, 0.15) is 66.3 Å². The maximum atomic E-state index is 9.02. The van der Waals surface area contributed by atoms with Crippen molar-refractivity contribution < 1.29 is 18.9 Å². The topological polar surface area (TPSA) is 104 Å². The van der Waals surface area contributed by atoms with Gasteiger partial charge in [-0.25, -0.2) is 4.68 Å². The van der Waals surface area contributed by atoms with Crippen LogP contribution in [0.5, 0.6) is 11.5 Å². The van der Waals surface area contributed by atoms with Gasteiger partial charge < -0.3 is 18.9 Å². The lowest BCUT2D eigenvalue weighted by atomic mass is 9.80. The summed E-state index contributed by atoms with van der Waals surface area (Å²) < 4.78 is 25.0. The fraction of sp³-hybridized carbons (Fsp3) is 0.625. The molecule has 1 aromatic heterocycles. The maximum Gasteiger partial charge on any atom is 0.150 e. The van der Waals surface area contributed by atoms with Gasteiger partial charge >= 0.3 is 0 Å². The zero-order chi connectivity index (χ0) is 22.8. The molecule has 1 aromatic carbocycles. The summed E-state index contributed by atoms with van der Waals surface area (Å²) >= 11 is 0. The van der Waals surface area contributed by atoms with Gasteiger partial charge in [-0.3, -0.25) is 0 Å². The van der Waals surface area contributed by atoms with Crippen molar-refractivity contribution in [3.05, 3.63) is 51.2 Å². The van der Waals surface area contributed by atoms with Crippen LogP contribution in [0, 0.1) is 0 Å². The number of azide groups is 1. The quantitative estimate of drug-likeness (QED) is 0.359. The molecule has 1 aliphatic carbocycles. The average molecular weight is 454 g/mol. The van der Waals surface area contributed by atoms with Gasteiger partial charge in [0.2, 0.25) is 0 Å². The van der Waals surface area contributed by atoms with Crippen molar-refractivity contribution in [3.63, 3.8) is 0 Å². The number of benzene rings is 1. The Morgan fingerprint density at radius 2 is 1.94 bits per heavy atom. The van der Waals surface area contributed by atoms with E-state index < -0.39 is 0 Å². The first kappa shape index (κ1) is 22.1. The largest absolute Gasteiger partial charge is 0.497 e. The van der Waals surface area contributed by atoms with E-state index in [1.165, 1.54) is 16.8 Å². The Labute approximate surface area is 193 Å². The van der Waals surface area contributed by atoms with E-state index in [1.807, 2.05) is 6.07 Å². The summed E-state index contributed by atoms with van der Waals surface area (Å²) in [6, 6.07) is 5.92. The summed E-state index contributed by atoms with van der Waals surface area (Å²) in [5.74, 6) is 1.94. The number of ether oxygens (including phenoxy) is 4. The highest BCUT2D eigenvalue weighted by Gasteiger charge is 2.38. The molecule has 2 aliphatic heterocycles. The van der Waals surface area contributed by atoms with Gasteiger partial charge in [0.1, 0.15) is 17.7 Å². The highest BCUT2D eigenvalue weighted by atomic mass is 16.5. The van der Waals surface area contributed by atoms with Gasteiger partial charge in [-0.2, -0.15) is 5.10 Å². The summed E-state index contributed by atoms with van der Waals surface area (Å²) in [6.45, 7) is 1.75. The lowest BCUT2D eigenvalue weighted by Gasteiger charge is -2.29. The molecular formula is C24H31N5O4. The fourth-order valence-electron chi connectivity index (χ4n) is 5.45. The van der Waals surface area contributed by atoms with Crippen LogP contribution >= 0.6 is 0 Å². The van der Waals surface area contributed by atoms with Gasteiger partial charge in [0, 0.05) is 29.2 Å². The zero-order valence-electron chi connectivity index (χ0n) is 19.3. The van der Waals surface area contributed by atoms with Crippen LogP contribution in [0.25, 0.3) is 10.4 Å². The minimum Gasteiger partial charge on any atom is -0.497 e. The standard InChI is InChI=1S/C24H31N5O4/c1-30-17-9-16(10-18(12-17)31-2)15-6-7-19-22(11-15)29(23-5-3-4-8-33-23)27-24(19)20-13-32-14-21(20)26-28-25/h9-10,12,15,20-21,23H,3-8,11,13-14H2,1-2H3/t15-,20?,21?,23?/m0/s1. The molecule has 3 unspecified atom stereocenters. The Kier molecular flexibility index (Phi) is 6.44. The molecular weight excluding hydrogens is 422 g/mol. The number of hydrogen-bond acceptors (Lipinski definition) is 6. The second-order valence-electron chi connectivity index (χ2n) is 9.08. The van der Waals surface area contributed by atoms with Gasteiger partial charge in [-0.05, 0) is 73.2 Å². The third-order valence-electron chi connectivity index (χ3n) is 7.21. The van der Waals surface area contributed by atoms with Crippen molar-refractivity contribution in [1.82, 2.24) is 9.78 Å². The van der Waals surface area contributed by atoms with E-state index >= 15 is 0 Å². The van der Waals surface area contributed by atoms with E-state index in [-0.39, 0.29) is 18.2 Å². The van der Waals surface area contributed by atoms with E-state index in [1.54, 1.807) is 14.2 Å². The monoisotopic (exact) mass is 453 g/mol. The van der Waals surface area contributed by atoms with Gasteiger partial charge in [0.15, 0.2) is 0 Å². The molecule has 2 fully saturated rings. The van der Waals surface area contributed by atoms with Gasteiger partial charge in [0.05, 0.1) is 39.2 Å². The Bertz CT molecular complexity index is 1020. The van der Waals surface area contributed by atoms with Crippen molar-refractivity contribution in [3.8, 4) is 11.5 Å². The van der Waals surface area contributed by atoms with Crippen molar-refractivity contribution in [2.24, 2.45) is 5.11 Å². The third kappa shape index (κ3) is 4.28. The molecule has 0 spiro atoms. The van der Waals surface area contributed by atoms with Crippen molar-refractivity contribution in [1.29, 1.82) is 0 Å². The lowest BCUT2D eigenvalue weighted by molar-refractivity contribution is -0.0416. The van der Waals surface area contributed by atoms with Crippen molar-refractivity contribution in [2.75, 3.05) is 34.0 Å². The highest BCUT2D eigenvalue weighted by Crippen LogP contribution is 2.42. The molecule has 5 rings (SSSR count). The molecule has 33 heavy (non-hydrogen) atoms. The van der Waals surface area contributed by atoms with E-state index in [0.717, 1.165) is 62.3 Å². The summed E-state index contributed by atoms with van der Waals surface area (Å²) in [4.78, 5) is 3.05. The molecule has 176 valence electrons. The first-order valence-corrected chi connectivity index (χ1v) is 11.8. The van der Waals surface area contributed by atoms with Crippen LogP contribution in [-0.4, -0.2) is 49.9 Å². The second-order valence-corrected chi connectivity index (χ2v) is 9.08. The number of aromatic nitrogens is 2. The summed E-state index contributed by atoms with van der Waals surface area (Å²) in [5, 5.41) is 9.10. The van der Waals surface area contributed by atoms with E-state index in [0.29, 0.717) is 19.1 Å². The molecule has 2 aromatic rings. The van der Waals surface area contributed by atoms with Crippen molar-refractivity contribution in [2.45, 2.75) is 62.6 Å².